The topological polar surface area (TPSA) is 59.0 Å². The minimum absolute atomic E-state index is 0.458. The van der Waals surface area contributed by atoms with Crippen molar-refractivity contribution in [3.8, 4) is 5.75 Å². The largest absolute Gasteiger partial charge is 0.487 e. The number of aliphatic imine (C=N–C) groups is 1. The molecule has 0 aromatic heterocycles. The van der Waals surface area contributed by atoms with Crippen LogP contribution in [-0.4, -0.2) is 40.6 Å². The third-order valence-electron chi connectivity index (χ3n) is 3.89. The van der Waals surface area contributed by atoms with Gasteiger partial charge in [-0.15, -0.1) is 0 Å². The highest BCUT2D eigenvalue weighted by molar-refractivity contribution is 7.92. The number of sulfonamides is 1. The van der Waals surface area contributed by atoms with Crippen LogP contribution in [0, 0.1) is 5.92 Å². The monoisotopic (exact) mass is 338 g/mol. The summed E-state index contributed by atoms with van der Waals surface area (Å²) in [5.74, 6) is 1.28. The first-order valence-electron chi connectivity index (χ1n) is 7.99. The average molecular weight is 338 g/mol. The SMILES string of the molecule is CC(C)Cc1cc(N(C)S(C)(=O)=O)ccc1OCC1=NCCC1. The molecule has 0 fully saturated rings. The molecular weight excluding hydrogens is 312 g/mol. The maximum Gasteiger partial charge on any atom is 0.231 e. The minimum atomic E-state index is -3.27. The Morgan fingerprint density at radius 1 is 1.35 bits per heavy atom. The molecule has 128 valence electrons. The lowest BCUT2D eigenvalue weighted by Gasteiger charge is -2.20. The lowest BCUT2D eigenvalue weighted by atomic mass is 10.0. The van der Waals surface area contributed by atoms with Crippen molar-refractivity contribution in [1.29, 1.82) is 0 Å². The molecule has 1 heterocycles. The van der Waals surface area contributed by atoms with Gasteiger partial charge in [-0.2, -0.15) is 0 Å². The van der Waals surface area contributed by atoms with E-state index in [-0.39, 0.29) is 0 Å². The van der Waals surface area contributed by atoms with E-state index in [1.807, 2.05) is 12.1 Å². The molecule has 0 radical (unpaired) electrons. The van der Waals surface area contributed by atoms with Crippen LogP contribution in [0.3, 0.4) is 0 Å². The Hall–Kier alpha value is -1.56. The summed E-state index contributed by atoms with van der Waals surface area (Å²) in [6, 6.07) is 5.56. The Bertz CT molecular complexity index is 681. The molecule has 0 atom stereocenters. The van der Waals surface area contributed by atoms with Crippen molar-refractivity contribution in [2.24, 2.45) is 10.9 Å². The van der Waals surface area contributed by atoms with Crippen LogP contribution in [0.15, 0.2) is 23.2 Å². The normalized spacial score (nSPS) is 14.9. The first-order valence-corrected chi connectivity index (χ1v) is 9.84. The number of rotatable bonds is 7. The molecule has 0 saturated heterocycles. The molecule has 0 bridgehead atoms. The predicted octanol–water partition coefficient (Wildman–Crippen LogP) is 2.89. The number of hydrogen-bond donors (Lipinski definition) is 0. The van der Waals surface area contributed by atoms with E-state index in [9.17, 15) is 8.42 Å². The number of anilines is 1. The van der Waals surface area contributed by atoms with Gasteiger partial charge in [0.2, 0.25) is 10.0 Å². The van der Waals surface area contributed by atoms with Crippen molar-refractivity contribution in [3.05, 3.63) is 23.8 Å². The second kappa shape index (κ2) is 7.34. The van der Waals surface area contributed by atoms with Gasteiger partial charge in [0.25, 0.3) is 0 Å². The van der Waals surface area contributed by atoms with Gasteiger partial charge in [-0.05, 0) is 48.9 Å². The van der Waals surface area contributed by atoms with E-state index < -0.39 is 10.0 Å². The van der Waals surface area contributed by atoms with Crippen LogP contribution in [-0.2, 0) is 16.4 Å². The lowest BCUT2D eigenvalue weighted by Crippen LogP contribution is -2.25. The molecule has 5 nitrogen and oxygen atoms in total. The minimum Gasteiger partial charge on any atom is -0.487 e. The molecule has 1 aromatic carbocycles. The van der Waals surface area contributed by atoms with Gasteiger partial charge in [-0.25, -0.2) is 8.42 Å². The number of hydrogen-bond acceptors (Lipinski definition) is 4. The van der Waals surface area contributed by atoms with Gasteiger partial charge < -0.3 is 4.74 Å². The van der Waals surface area contributed by atoms with E-state index in [0.29, 0.717) is 18.2 Å². The summed E-state index contributed by atoms with van der Waals surface area (Å²) in [7, 11) is -1.70. The van der Waals surface area contributed by atoms with Gasteiger partial charge in [0.1, 0.15) is 12.4 Å². The van der Waals surface area contributed by atoms with E-state index in [4.69, 9.17) is 4.74 Å². The molecule has 0 amide bonds. The predicted molar refractivity (Wildman–Crippen MR) is 95.3 cm³/mol. The van der Waals surface area contributed by atoms with Crippen LogP contribution >= 0.6 is 0 Å². The average Bonchev–Trinajstić information content (AvgIpc) is 2.96. The smallest absolute Gasteiger partial charge is 0.231 e. The van der Waals surface area contributed by atoms with Crippen LogP contribution in [0.1, 0.15) is 32.3 Å². The molecular formula is C17H26N2O3S. The van der Waals surface area contributed by atoms with Gasteiger partial charge in [-0.3, -0.25) is 9.30 Å². The standard InChI is InChI=1S/C17H26N2O3S/c1-13(2)10-14-11-16(19(3)23(4,20)21)7-8-17(14)22-12-15-6-5-9-18-15/h7-8,11,13H,5-6,9-10,12H2,1-4H3. The first-order chi connectivity index (χ1) is 10.8. The Morgan fingerprint density at radius 3 is 2.65 bits per heavy atom. The maximum atomic E-state index is 11.7. The highest BCUT2D eigenvalue weighted by Gasteiger charge is 2.16. The van der Waals surface area contributed by atoms with Gasteiger partial charge in [0, 0.05) is 19.3 Å². The second-order valence-corrected chi connectivity index (χ2v) is 8.47. The summed E-state index contributed by atoms with van der Waals surface area (Å²) >= 11 is 0. The van der Waals surface area contributed by atoms with Crippen molar-refractivity contribution < 1.29 is 13.2 Å². The summed E-state index contributed by atoms with van der Waals surface area (Å²) in [5, 5.41) is 0. The Morgan fingerprint density at radius 2 is 2.09 bits per heavy atom. The molecule has 0 unspecified atom stereocenters. The molecule has 1 aliphatic rings. The fraction of sp³-hybridized carbons (Fsp3) is 0.588. The summed E-state index contributed by atoms with van der Waals surface area (Å²) in [6.07, 6.45) is 4.16. The van der Waals surface area contributed by atoms with E-state index in [2.05, 4.69) is 18.8 Å². The van der Waals surface area contributed by atoms with Gasteiger partial charge in [0.05, 0.1) is 11.9 Å². The van der Waals surface area contributed by atoms with E-state index in [1.165, 1.54) is 10.6 Å². The quantitative estimate of drug-likeness (QED) is 0.768. The zero-order chi connectivity index (χ0) is 17.0. The highest BCUT2D eigenvalue weighted by Crippen LogP contribution is 2.28. The zero-order valence-electron chi connectivity index (χ0n) is 14.4. The van der Waals surface area contributed by atoms with Crippen LogP contribution in [0.2, 0.25) is 0 Å². The molecule has 0 aliphatic carbocycles. The van der Waals surface area contributed by atoms with Crippen molar-refractivity contribution >= 4 is 21.4 Å². The third kappa shape index (κ3) is 4.96. The van der Waals surface area contributed by atoms with Crippen molar-refractivity contribution in [2.75, 3.05) is 30.8 Å². The van der Waals surface area contributed by atoms with Crippen molar-refractivity contribution in [3.63, 3.8) is 0 Å². The molecule has 0 saturated carbocycles. The van der Waals surface area contributed by atoms with Gasteiger partial charge >= 0.3 is 0 Å². The molecule has 6 heteroatoms. The third-order valence-corrected chi connectivity index (χ3v) is 5.09. The maximum absolute atomic E-state index is 11.7. The summed E-state index contributed by atoms with van der Waals surface area (Å²) in [4.78, 5) is 4.42. The van der Waals surface area contributed by atoms with E-state index >= 15 is 0 Å². The van der Waals surface area contributed by atoms with Crippen LogP contribution < -0.4 is 9.04 Å². The second-order valence-electron chi connectivity index (χ2n) is 6.46. The summed E-state index contributed by atoms with van der Waals surface area (Å²) in [6.45, 7) is 5.69. The van der Waals surface area contributed by atoms with E-state index in [1.54, 1.807) is 13.1 Å². The van der Waals surface area contributed by atoms with Gasteiger partial charge in [-0.1, -0.05) is 13.8 Å². The van der Waals surface area contributed by atoms with Crippen molar-refractivity contribution in [1.82, 2.24) is 0 Å². The fourth-order valence-electron chi connectivity index (χ4n) is 2.57. The molecule has 0 N–H and O–H groups in total. The number of benzene rings is 1. The lowest BCUT2D eigenvalue weighted by molar-refractivity contribution is 0.368. The number of ether oxygens (including phenoxy) is 1. The Kier molecular flexibility index (Phi) is 5.68. The molecule has 23 heavy (non-hydrogen) atoms. The van der Waals surface area contributed by atoms with E-state index in [0.717, 1.165) is 42.8 Å². The molecule has 0 spiro atoms. The fourth-order valence-corrected chi connectivity index (χ4v) is 3.07. The molecule has 1 aromatic rings. The first kappa shape index (κ1) is 17.8. The summed E-state index contributed by atoms with van der Waals surface area (Å²) < 4.78 is 30.7. The zero-order valence-corrected chi connectivity index (χ0v) is 15.2. The summed E-state index contributed by atoms with van der Waals surface area (Å²) in [5.41, 5.74) is 2.80. The number of nitrogens with zero attached hydrogens (tertiary/aromatic N) is 2. The molecule has 1 aliphatic heterocycles. The van der Waals surface area contributed by atoms with Gasteiger partial charge in [0.15, 0.2) is 0 Å². The van der Waals surface area contributed by atoms with Crippen LogP contribution in [0.5, 0.6) is 5.75 Å². The highest BCUT2D eigenvalue weighted by atomic mass is 32.2. The Balaban J connectivity index is 2.23. The Labute approximate surface area is 139 Å². The van der Waals surface area contributed by atoms with Crippen LogP contribution in [0.25, 0.3) is 0 Å². The van der Waals surface area contributed by atoms with Crippen molar-refractivity contribution in [2.45, 2.75) is 33.1 Å². The van der Waals surface area contributed by atoms with Crippen LogP contribution in [0.4, 0.5) is 5.69 Å². The molecule has 2 rings (SSSR count).